The number of benzene rings is 1. The van der Waals surface area contributed by atoms with Gasteiger partial charge in [0.2, 0.25) is 0 Å². The number of nitrogens with one attached hydrogen (secondary N) is 1. The van der Waals surface area contributed by atoms with E-state index in [9.17, 15) is 4.79 Å². The van der Waals surface area contributed by atoms with Crippen LogP contribution in [0.15, 0.2) is 28.7 Å². The SMILES string of the molecule is Cc1ccc2oc(C(=O)NC(C)CCO)cc2c1. The van der Waals surface area contributed by atoms with E-state index in [1.165, 1.54) is 0 Å². The van der Waals surface area contributed by atoms with Gasteiger partial charge in [-0.05, 0) is 38.5 Å². The maximum absolute atomic E-state index is 11.9. The second-order valence-electron chi connectivity index (χ2n) is 4.54. The molecular formula is C14H17NO3. The number of rotatable bonds is 4. The lowest BCUT2D eigenvalue weighted by Gasteiger charge is -2.10. The maximum atomic E-state index is 11.9. The van der Waals surface area contributed by atoms with Crippen LogP contribution in [-0.4, -0.2) is 23.7 Å². The van der Waals surface area contributed by atoms with Crippen molar-refractivity contribution in [2.75, 3.05) is 6.61 Å². The summed E-state index contributed by atoms with van der Waals surface area (Å²) in [6.07, 6.45) is 0.533. The van der Waals surface area contributed by atoms with Crippen molar-refractivity contribution >= 4 is 16.9 Å². The number of hydrogen-bond donors (Lipinski definition) is 2. The number of carbonyl (C=O) groups excluding carboxylic acids is 1. The van der Waals surface area contributed by atoms with Gasteiger partial charge in [-0.15, -0.1) is 0 Å². The Morgan fingerprint density at radius 1 is 1.44 bits per heavy atom. The molecule has 0 saturated heterocycles. The van der Waals surface area contributed by atoms with Crippen molar-refractivity contribution in [3.8, 4) is 0 Å². The van der Waals surface area contributed by atoms with E-state index in [-0.39, 0.29) is 18.6 Å². The van der Waals surface area contributed by atoms with Crippen LogP contribution in [0.2, 0.25) is 0 Å². The molecule has 1 atom stereocenters. The summed E-state index contributed by atoms with van der Waals surface area (Å²) in [6.45, 7) is 3.90. The van der Waals surface area contributed by atoms with Gasteiger partial charge in [0.05, 0.1) is 0 Å². The monoisotopic (exact) mass is 247 g/mol. The molecule has 4 nitrogen and oxygen atoms in total. The Morgan fingerprint density at radius 3 is 2.94 bits per heavy atom. The van der Waals surface area contributed by atoms with E-state index < -0.39 is 0 Å². The topological polar surface area (TPSA) is 62.5 Å². The van der Waals surface area contributed by atoms with Crippen LogP contribution in [0.3, 0.4) is 0 Å². The Hall–Kier alpha value is -1.81. The normalized spacial score (nSPS) is 12.6. The molecule has 1 unspecified atom stereocenters. The van der Waals surface area contributed by atoms with E-state index in [1.807, 2.05) is 32.0 Å². The maximum Gasteiger partial charge on any atom is 0.287 e. The Balaban J connectivity index is 2.18. The largest absolute Gasteiger partial charge is 0.451 e. The van der Waals surface area contributed by atoms with Crippen LogP contribution >= 0.6 is 0 Å². The van der Waals surface area contributed by atoms with Gasteiger partial charge in [-0.25, -0.2) is 0 Å². The average Bonchev–Trinajstić information content (AvgIpc) is 2.72. The zero-order valence-electron chi connectivity index (χ0n) is 10.6. The first-order chi connectivity index (χ1) is 8.60. The van der Waals surface area contributed by atoms with Crippen molar-refractivity contribution in [1.29, 1.82) is 0 Å². The molecule has 0 aliphatic heterocycles. The standard InChI is InChI=1S/C14H17NO3/c1-9-3-4-12-11(7-9)8-13(18-12)14(17)15-10(2)5-6-16/h3-4,7-8,10,16H,5-6H2,1-2H3,(H,15,17). The third-order valence-electron chi connectivity index (χ3n) is 2.84. The summed E-state index contributed by atoms with van der Waals surface area (Å²) in [4.78, 5) is 11.9. The Kier molecular flexibility index (Phi) is 3.67. The highest BCUT2D eigenvalue weighted by atomic mass is 16.3. The molecule has 0 bridgehead atoms. The summed E-state index contributed by atoms with van der Waals surface area (Å²) < 4.78 is 5.49. The van der Waals surface area contributed by atoms with Crippen molar-refractivity contribution < 1.29 is 14.3 Å². The summed E-state index contributed by atoms with van der Waals surface area (Å²) in [5.41, 5.74) is 1.84. The van der Waals surface area contributed by atoms with Gasteiger partial charge in [0.1, 0.15) is 5.58 Å². The molecule has 0 aliphatic rings. The number of furan rings is 1. The van der Waals surface area contributed by atoms with Crippen LogP contribution in [-0.2, 0) is 0 Å². The smallest absolute Gasteiger partial charge is 0.287 e. The number of aliphatic hydroxyl groups is 1. The highest BCUT2D eigenvalue weighted by Crippen LogP contribution is 2.20. The average molecular weight is 247 g/mol. The predicted octanol–water partition coefficient (Wildman–Crippen LogP) is 2.24. The molecule has 2 N–H and O–H groups in total. The van der Waals surface area contributed by atoms with E-state index in [4.69, 9.17) is 9.52 Å². The quantitative estimate of drug-likeness (QED) is 0.871. The summed E-state index contributed by atoms with van der Waals surface area (Å²) in [7, 11) is 0. The molecule has 0 saturated carbocycles. The van der Waals surface area contributed by atoms with E-state index in [2.05, 4.69) is 5.32 Å². The van der Waals surface area contributed by atoms with Gasteiger partial charge in [0, 0.05) is 18.0 Å². The van der Waals surface area contributed by atoms with Crippen LogP contribution in [0, 0.1) is 6.92 Å². The molecule has 1 heterocycles. The molecule has 1 amide bonds. The number of fused-ring (bicyclic) bond motifs is 1. The van der Waals surface area contributed by atoms with Crippen LogP contribution in [0.1, 0.15) is 29.5 Å². The van der Waals surface area contributed by atoms with Crippen LogP contribution < -0.4 is 5.32 Å². The molecule has 18 heavy (non-hydrogen) atoms. The van der Waals surface area contributed by atoms with Gasteiger partial charge in [0.25, 0.3) is 5.91 Å². The fourth-order valence-corrected chi connectivity index (χ4v) is 1.84. The molecule has 0 radical (unpaired) electrons. The van der Waals surface area contributed by atoms with Crippen molar-refractivity contribution in [2.45, 2.75) is 26.3 Å². The first kappa shape index (κ1) is 12.6. The molecular weight excluding hydrogens is 230 g/mol. The molecule has 0 fully saturated rings. The van der Waals surface area contributed by atoms with Crippen LogP contribution in [0.4, 0.5) is 0 Å². The molecule has 1 aromatic heterocycles. The number of aliphatic hydroxyl groups excluding tert-OH is 1. The lowest BCUT2D eigenvalue weighted by Crippen LogP contribution is -2.32. The molecule has 0 aliphatic carbocycles. The van der Waals surface area contributed by atoms with E-state index in [0.717, 1.165) is 10.9 Å². The van der Waals surface area contributed by atoms with Gasteiger partial charge in [0.15, 0.2) is 5.76 Å². The minimum absolute atomic E-state index is 0.0563. The predicted molar refractivity (Wildman–Crippen MR) is 69.6 cm³/mol. The Labute approximate surface area is 106 Å². The zero-order valence-corrected chi connectivity index (χ0v) is 10.6. The van der Waals surface area contributed by atoms with Gasteiger partial charge >= 0.3 is 0 Å². The fraction of sp³-hybridized carbons (Fsp3) is 0.357. The van der Waals surface area contributed by atoms with Gasteiger partial charge in [-0.2, -0.15) is 0 Å². The minimum atomic E-state index is -0.246. The lowest BCUT2D eigenvalue weighted by molar-refractivity contribution is 0.0908. The lowest BCUT2D eigenvalue weighted by atomic mass is 10.2. The highest BCUT2D eigenvalue weighted by molar-refractivity contribution is 5.96. The first-order valence-corrected chi connectivity index (χ1v) is 6.02. The van der Waals surface area contributed by atoms with Crippen LogP contribution in [0.25, 0.3) is 11.0 Å². The molecule has 4 heteroatoms. The first-order valence-electron chi connectivity index (χ1n) is 6.02. The second kappa shape index (κ2) is 5.23. The second-order valence-corrected chi connectivity index (χ2v) is 4.54. The van der Waals surface area contributed by atoms with E-state index >= 15 is 0 Å². The summed E-state index contributed by atoms with van der Waals surface area (Å²) in [5, 5.41) is 12.5. The number of aryl methyl sites for hydroxylation is 1. The molecule has 0 spiro atoms. The minimum Gasteiger partial charge on any atom is -0.451 e. The van der Waals surface area contributed by atoms with Gasteiger partial charge in [-0.3, -0.25) is 4.79 Å². The molecule has 1 aromatic carbocycles. The fourth-order valence-electron chi connectivity index (χ4n) is 1.84. The number of carbonyl (C=O) groups is 1. The van der Waals surface area contributed by atoms with Crippen molar-refractivity contribution in [3.63, 3.8) is 0 Å². The number of amides is 1. The Bertz CT molecular complexity index is 559. The zero-order chi connectivity index (χ0) is 13.1. The summed E-state index contributed by atoms with van der Waals surface area (Å²) in [6, 6.07) is 7.45. The highest BCUT2D eigenvalue weighted by Gasteiger charge is 2.14. The number of hydrogen-bond acceptors (Lipinski definition) is 3. The Morgan fingerprint density at radius 2 is 2.22 bits per heavy atom. The van der Waals surface area contributed by atoms with Crippen molar-refractivity contribution in [1.82, 2.24) is 5.32 Å². The summed E-state index contributed by atoms with van der Waals surface area (Å²) >= 11 is 0. The van der Waals surface area contributed by atoms with Crippen LogP contribution in [0.5, 0.6) is 0 Å². The van der Waals surface area contributed by atoms with Crippen molar-refractivity contribution in [2.24, 2.45) is 0 Å². The third kappa shape index (κ3) is 2.71. The molecule has 96 valence electrons. The molecule has 2 rings (SSSR count). The van der Waals surface area contributed by atoms with Crippen molar-refractivity contribution in [3.05, 3.63) is 35.6 Å². The van der Waals surface area contributed by atoms with Gasteiger partial charge in [-0.1, -0.05) is 11.6 Å². The molecule has 2 aromatic rings. The van der Waals surface area contributed by atoms with Gasteiger partial charge < -0.3 is 14.8 Å². The van der Waals surface area contributed by atoms with E-state index in [0.29, 0.717) is 17.8 Å². The third-order valence-corrected chi connectivity index (χ3v) is 2.84. The summed E-state index contributed by atoms with van der Waals surface area (Å²) in [5.74, 6) is 0.0604. The van der Waals surface area contributed by atoms with E-state index in [1.54, 1.807) is 6.07 Å².